The summed E-state index contributed by atoms with van der Waals surface area (Å²) in [6.07, 6.45) is 10.6. The Morgan fingerprint density at radius 2 is 2.29 bits per heavy atom. The van der Waals surface area contributed by atoms with Crippen molar-refractivity contribution in [2.75, 3.05) is 24.2 Å². The summed E-state index contributed by atoms with van der Waals surface area (Å²) in [6.45, 7) is 7.42. The summed E-state index contributed by atoms with van der Waals surface area (Å²) in [6, 6.07) is 2.29. The van der Waals surface area contributed by atoms with Gasteiger partial charge in [-0.1, -0.05) is 17.7 Å². The summed E-state index contributed by atoms with van der Waals surface area (Å²) in [5.41, 5.74) is 3.61. The van der Waals surface area contributed by atoms with E-state index < -0.39 is 0 Å². The van der Waals surface area contributed by atoms with E-state index in [1.165, 1.54) is 12.0 Å². The van der Waals surface area contributed by atoms with Crippen molar-refractivity contribution >= 4 is 51.3 Å². The van der Waals surface area contributed by atoms with Crippen LogP contribution >= 0.6 is 28.0 Å². The van der Waals surface area contributed by atoms with Crippen LogP contribution in [0.4, 0.5) is 5.69 Å². The number of anilines is 1. The Morgan fingerprint density at radius 1 is 1.48 bits per heavy atom. The summed E-state index contributed by atoms with van der Waals surface area (Å²) in [5.74, 6) is 0.793. The number of hydrogen-bond donors (Lipinski definition) is 2. The van der Waals surface area contributed by atoms with Crippen LogP contribution in [0.3, 0.4) is 0 Å². The van der Waals surface area contributed by atoms with Gasteiger partial charge in [-0.2, -0.15) is 5.10 Å². The average Bonchev–Trinajstić information content (AvgIpc) is 3.48. The summed E-state index contributed by atoms with van der Waals surface area (Å²) in [5, 5.41) is 11.1. The van der Waals surface area contributed by atoms with Crippen LogP contribution in [0.5, 0.6) is 0 Å². The molecule has 2 aromatic heterocycles. The highest BCUT2D eigenvalue weighted by molar-refractivity contribution is 9.10. The van der Waals surface area contributed by atoms with E-state index in [9.17, 15) is 4.79 Å². The van der Waals surface area contributed by atoms with Crippen LogP contribution in [-0.2, 0) is 8.98 Å². The Kier molecular flexibility index (Phi) is 8.98. The van der Waals surface area contributed by atoms with Gasteiger partial charge in [0.2, 0.25) is 5.91 Å². The van der Waals surface area contributed by atoms with Crippen molar-refractivity contribution in [2.24, 2.45) is 5.92 Å². The zero-order valence-electron chi connectivity index (χ0n) is 18.2. The Morgan fingerprint density at radius 3 is 3.00 bits per heavy atom. The normalized spacial score (nSPS) is 15.5. The van der Waals surface area contributed by atoms with E-state index in [0.717, 1.165) is 52.3 Å². The van der Waals surface area contributed by atoms with Gasteiger partial charge < -0.3 is 14.8 Å². The largest absolute Gasteiger partial charge is 0.381 e. The molecule has 1 amide bonds. The van der Waals surface area contributed by atoms with E-state index in [-0.39, 0.29) is 11.8 Å². The molecule has 1 aliphatic carbocycles. The Bertz CT molecular complexity index is 955. The van der Waals surface area contributed by atoms with Crippen molar-refractivity contribution in [2.45, 2.75) is 46.1 Å². The molecule has 168 valence electrons. The topological polar surface area (TPSA) is 80.6 Å². The van der Waals surface area contributed by atoms with E-state index in [2.05, 4.69) is 36.6 Å². The first-order valence-corrected chi connectivity index (χ1v) is 12.4. The second-order valence-corrected chi connectivity index (χ2v) is 9.15. The van der Waals surface area contributed by atoms with Gasteiger partial charge >= 0.3 is 0 Å². The number of rotatable bonds is 12. The van der Waals surface area contributed by atoms with Gasteiger partial charge in [0.1, 0.15) is 4.60 Å². The Labute approximate surface area is 196 Å². The van der Waals surface area contributed by atoms with Gasteiger partial charge in [0.15, 0.2) is 5.65 Å². The number of hydrogen-bond acceptors (Lipinski definition) is 6. The third kappa shape index (κ3) is 6.82. The Hall–Kier alpha value is -1.84. The molecular weight excluding hydrogens is 478 g/mol. The number of halogens is 1. The third-order valence-corrected chi connectivity index (χ3v) is 6.23. The zero-order valence-corrected chi connectivity index (χ0v) is 20.6. The van der Waals surface area contributed by atoms with Gasteiger partial charge in [0, 0.05) is 18.3 Å². The molecule has 1 unspecified atom stereocenters. The lowest BCUT2D eigenvalue weighted by molar-refractivity contribution is -0.123. The fraction of sp³-hybridized carbons (Fsp3) is 0.500. The number of carbonyl (C=O) groups excluding carboxylic acids is 1. The van der Waals surface area contributed by atoms with Crippen LogP contribution in [0.1, 0.15) is 45.7 Å². The van der Waals surface area contributed by atoms with Gasteiger partial charge in [-0.05, 0) is 80.1 Å². The number of carbonyl (C=O) groups is 1. The van der Waals surface area contributed by atoms with Crippen molar-refractivity contribution < 1.29 is 8.98 Å². The van der Waals surface area contributed by atoms with Crippen molar-refractivity contribution in [3.05, 3.63) is 40.3 Å². The smallest absolute Gasteiger partial charge is 0.227 e. The lowest BCUT2D eigenvalue weighted by Crippen LogP contribution is -2.32. The lowest BCUT2D eigenvalue weighted by atomic mass is 9.95. The first kappa shape index (κ1) is 23.8. The average molecular weight is 508 g/mol. The molecule has 31 heavy (non-hydrogen) atoms. The van der Waals surface area contributed by atoms with Crippen LogP contribution in [0.15, 0.2) is 34.6 Å². The molecular formula is C22H30BrN5O2S. The number of fused-ring (bicyclic) bond motifs is 1. The number of allylic oxidation sites excluding steroid dienone is 2. The SMILES string of the molecule is CC=C(C)C(CC=Cc1cnc2c(NCCSOCC)cc(Br)nn12)C(=O)NC1CC1. The molecule has 2 heterocycles. The first-order valence-electron chi connectivity index (χ1n) is 10.7. The maximum atomic E-state index is 12.6. The maximum Gasteiger partial charge on any atom is 0.227 e. The molecule has 0 bridgehead atoms. The van der Waals surface area contributed by atoms with Gasteiger partial charge in [-0.3, -0.25) is 4.79 Å². The summed E-state index contributed by atoms with van der Waals surface area (Å²) >= 11 is 4.94. The van der Waals surface area contributed by atoms with Gasteiger partial charge in [0.25, 0.3) is 0 Å². The van der Waals surface area contributed by atoms with E-state index in [0.29, 0.717) is 19.1 Å². The predicted molar refractivity (Wildman–Crippen MR) is 131 cm³/mol. The van der Waals surface area contributed by atoms with Gasteiger partial charge in [-0.25, -0.2) is 9.50 Å². The van der Waals surface area contributed by atoms with Crippen molar-refractivity contribution in [3.63, 3.8) is 0 Å². The quantitative estimate of drug-likeness (QED) is 0.242. The summed E-state index contributed by atoms with van der Waals surface area (Å²) in [7, 11) is 0. The second-order valence-electron chi connectivity index (χ2n) is 7.46. The van der Waals surface area contributed by atoms with Crippen LogP contribution in [-0.4, -0.2) is 45.5 Å². The van der Waals surface area contributed by atoms with Gasteiger partial charge in [0.05, 0.1) is 30.1 Å². The van der Waals surface area contributed by atoms with Crippen LogP contribution in [0.25, 0.3) is 11.7 Å². The number of amides is 1. The minimum Gasteiger partial charge on any atom is -0.381 e. The molecule has 0 aromatic carbocycles. The lowest BCUT2D eigenvalue weighted by Gasteiger charge is -2.15. The number of nitrogens with one attached hydrogen (secondary N) is 2. The monoisotopic (exact) mass is 507 g/mol. The third-order valence-electron chi connectivity index (χ3n) is 5.07. The first-order chi connectivity index (χ1) is 15.0. The molecule has 0 aliphatic heterocycles. The fourth-order valence-corrected chi connectivity index (χ4v) is 3.98. The minimum absolute atomic E-state index is 0.109. The molecule has 0 radical (unpaired) electrons. The standard InChI is InChI=1S/C22H30BrN5O2S/c1-4-15(3)18(22(29)26-16-9-10-16)8-6-7-17-14-25-21-19(13-20(23)27-28(17)21)24-11-12-31-30-5-2/h4,6-7,13-14,16,18,24H,5,8-12H2,1-3H3,(H,26,29). The molecule has 2 aromatic rings. The molecule has 9 heteroatoms. The summed E-state index contributed by atoms with van der Waals surface area (Å²) < 4.78 is 7.84. The van der Waals surface area contributed by atoms with Crippen molar-refractivity contribution in [1.29, 1.82) is 0 Å². The maximum absolute atomic E-state index is 12.6. The van der Waals surface area contributed by atoms with E-state index in [1.54, 1.807) is 10.7 Å². The molecule has 0 spiro atoms. The highest BCUT2D eigenvalue weighted by Gasteiger charge is 2.27. The number of nitrogens with zero attached hydrogens (tertiary/aromatic N) is 3. The molecule has 0 saturated heterocycles. The van der Waals surface area contributed by atoms with Crippen LogP contribution in [0.2, 0.25) is 0 Å². The molecule has 1 saturated carbocycles. The van der Waals surface area contributed by atoms with Crippen molar-refractivity contribution in [3.8, 4) is 0 Å². The minimum atomic E-state index is -0.152. The fourth-order valence-electron chi connectivity index (χ4n) is 3.12. The van der Waals surface area contributed by atoms with Crippen LogP contribution in [0, 0.1) is 5.92 Å². The summed E-state index contributed by atoms with van der Waals surface area (Å²) in [4.78, 5) is 17.2. The molecule has 7 nitrogen and oxygen atoms in total. The van der Waals surface area contributed by atoms with E-state index in [4.69, 9.17) is 4.18 Å². The predicted octanol–water partition coefficient (Wildman–Crippen LogP) is 4.85. The highest BCUT2D eigenvalue weighted by Crippen LogP contribution is 2.24. The highest BCUT2D eigenvalue weighted by atomic mass is 79.9. The van der Waals surface area contributed by atoms with E-state index >= 15 is 0 Å². The van der Waals surface area contributed by atoms with Crippen LogP contribution < -0.4 is 10.6 Å². The number of aromatic nitrogens is 3. The second kappa shape index (κ2) is 11.7. The molecule has 1 aliphatic rings. The van der Waals surface area contributed by atoms with Gasteiger partial charge in [-0.15, -0.1) is 0 Å². The molecule has 1 atom stereocenters. The van der Waals surface area contributed by atoms with E-state index in [1.807, 2.05) is 45.1 Å². The van der Waals surface area contributed by atoms with Crippen molar-refractivity contribution in [1.82, 2.24) is 19.9 Å². The molecule has 3 rings (SSSR count). The molecule has 1 fully saturated rings. The zero-order chi connectivity index (χ0) is 22.2. The molecule has 2 N–H and O–H groups in total. The Balaban J connectivity index is 1.70. The number of imidazole rings is 1.